The van der Waals surface area contributed by atoms with E-state index in [0.29, 0.717) is 6.42 Å². The Morgan fingerprint density at radius 1 is 1.23 bits per heavy atom. The Labute approximate surface area is 135 Å². The molecule has 0 saturated carbocycles. The third-order valence-corrected chi connectivity index (χ3v) is 4.13. The monoisotopic (exact) mass is 316 g/mol. The Kier molecular flexibility index (Phi) is 5.86. The molecular weight excluding hydrogens is 296 g/mol. The molecule has 2 rings (SSSR count). The predicted octanol–water partition coefficient (Wildman–Crippen LogP) is 3.52. The third-order valence-electron chi connectivity index (χ3n) is 3.16. The lowest BCUT2D eigenvalue weighted by atomic mass is 10.2. The molecule has 0 aliphatic carbocycles. The summed E-state index contributed by atoms with van der Waals surface area (Å²) >= 11 is 1.61. The summed E-state index contributed by atoms with van der Waals surface area (Å²) in [5, 5.41) is 2.84. The van der Waals surface area contributed by atoms with E-state index in [0.717, 1.165) is 21.2 Å². The summed E-state index contributed by atoms with van der Waals surface area (Å²) in [6, 6.07) is 15.1. The summed E-state index contributed by atoms with van der Waals surface area (Å²) < 4.78 is 5.22. The van der Waals surface area contributed by atoms with E-state index in [9.17, 15) is 4.79 Å². The molecule has 5 heteroatoms. The number of carbonyl (C=O) groups excluding carboxylic acids is 1. The Morgan fingerprint density at radius 3 is 2.59 bits per heavy atom. The van der Waals surface area contributed by atoms with E-state index in [1.165, 1.54) is 0 Å². The predicted molar refractivity (Wildman–Crippen MR) is 90.5 cm³/mol. The summed E-state index contributed by atoms with van der Waals surface area (Å²) in [6.07, 6.45) is 0.615. The van der Waals surface area contributed by atoms with Gasteiger partial charge in [0.15, 0.2) is 0 Å². The lowest BCUT2D eigenvalue weighted by Crippen LogP contribution is -2.34. The maximum Gasteiger partial charge on any atom is 0.241 e. The van der Waals surface area contributed by atoms with Crippen LogP contribution in [0.3, 0.4) is 0 Å². The lowest BCUT2D eigenvalue weighted by Gasteiger charge is -2.11. The molecule has 0 aliphatic heterocycles. The first-order valence-corrected chi connectivity index (χ1v) is 7.92. The molecule has 1 atom stereocenters. The molecule has 0 aromatic heterocycles. The van der Waals surface area contributed by atoms with Crippen LogP contribution in [0.1, 0.15) is 13.3 Å². The number of anilines is 1. The summed E-state index contributed by atoms with van der Waals surface area (Å²) in [6.45, 7) is 1.89. The second-order valence-electron chi connectivity index (χ2n) is 4.81. The highest BCUT2D eigenvalue weighted by Crippen LogP contribution is 2.31. The van der Waals surface area contributed by atoms with Gasteiger partial charge in [0.25, 0.3) is 0 Å². The van der Waals surface area contributed by atoms with E-state index >= 15 is 0 Å². The van der Waals surface area contributed by atoms with Gasteiger partial charge >= 0.3 is 0 Å². The highest BCUT2D eigenvalue weighted by molar-refractivity contribution is 7.99. The number of nitrogens with two attached hydrogens (primary N) is 1. The Balaban J connectivity index is 2.09. The average molecular weight is 316 g/mol. The number of benzene rings is 2. The molecule has 0 bridgehead atoms. The Bertz CT molecular complexity index is 646. The number of amides is 1. The molecule has 2 aromatic rings. The van der Waals surface area contributed by atoms with Crippen LogP contribution in [0.5, 0.6) is 5.75 Å². The van der Waals surface area contributed by atoms with Crippen LogP contribution in [0.15, 0.2) is 58.3 Å². The molecule has 22 heavy (non-hydrogen) atoms. The van der Waals surface area contributed by atoms with E-state index < -0.39 is 6.04 Å². The minimum Gasteiger partial charge on any atom is -0.497 e. The normalized spacial score (nSPS) is 11.8. The summed E-state index contributed by atoms with van der Waals surface area (Å²) in [4.78, 5) is 14.0. The van der Waals surface area contributed by atoms with Crippen molar-refractivity contribution in [2.75, 3.05) is 12.4 Å². The fourth-order valence-corrected chi connectivity index (χ4v) is 2.78. The molecule has 0 fully saturated rings. The van der Waals surface area contributed by atoms with Crippen molar-refractivity contribution in [2.24, 2.45) is 5.73 Å². The standard InChI is InChI=1S/C17H20N2O2S/c1-3-16(18)17(20)19-12-6-4-8-14(10-12)22-15-9-5-7-13(11-15)21-2/h4-11,16H,3,18H2,1-2H3,(H,19,20). The fraction of sp³-hybridized carbons (Fsp3) is 0.235. The highest BCUT2D eigenvalue weighted by Gasteiger charge is 2.11. The van der Waals surface area contributed by atoms with Crippen LogP contribution in [0.4, 0.5) is 5.69 Å². The number of methoxy groups -OCH3 is 1. The van der Waals surface area contributed by atoms with Crippen LogP contribution in [-0.4, -0.2) is 19.1 Å². The van der Waals surface area contributed by atoms with Crippen LogP contribution in [0.25, 0.3) is 0 Å². The molecule has 0 aliphatic rings. The Morgan fingerprint density at radius 2 is 1.91 bits per heavy atom. The number of carbonyl (C=O) groups is 1. The van der Waals surface area contributed by atoms with Crippen LogP contribution in [-0.2, 0) is 4.79 Å². The van der Waals surface area contributed by atoms with Gasteiger partial charge in [-0.3, -0.25) is 4.79 Å². The zero-order valence-corrected chi connectivity index (χ0v) is 13.5. The van der Waals surface area contributed by atoms with Gasteiger partial charge in [0, 0.05) is 15.5 Å². The van der Waals surface area contributed by atoms with Crippen molar-refractivity contribution in [2.45, 2.75) is 29.2 Å². The second-order valence-corrected chi connectivity index (χ2v) is 5.96. The van der Waals surface area contributed by atoms with Crippen molar-refractivity contribution in [3.63, 3.8) is 0 Å². The van der Waals surface area contributed by atoms with Gasteiger partial charge in [0.1, 0.15) is 5.75 Å². The summed E-state index contributed by atoms with van der Waals surface area (Å²) in [5.41, 5.74) is 6.48. The average Bonchev–Trinajstić information content (AvgIpc) is 2.54. The van der Waals surface area contributed by atoms with Gasteiger partial charge < -0.3 is 15.8 Å². The first-order chi connectivity index (χ1) is 10.6. The van der Waals surface area contributed by atoms with Gasteiger partial charge in [-0.2, -0.15) is 0 Å². The molecule has 3 N–H and O–H groups in total. The molecule has 0 spiro atoms. The maximum atomic E-state index is 11.8. The van der Waals surface area contributed by atoms with E-state index in [1.54, 1.807) is 18.9 Å². The van der Waals surface area contributed by atoms with Crippen molar-refractivity contribution in [1.82, 2.24) is 0 Å². The van der Waals surface area contributed by atoms with E-state index in [1.807, 2.05) is 55.5 Å². The first kappa shape index (κ1) is 16.4. The zero-order valence-electron chi connectivity index (χ0n) is 12.7. The largest absolute Gasteiger partial charge is 0.497 e. The Hall–Kier alpha value is -1.98. The van der Waals surface area contributed by atoms with Gasteiger partial charge in [-0.15, -0.1) is 0 Å². The number of hydrogen-bond donors (Lipinski definition) is 2. The molecule has 116 valence electrons. The van der Waals surface area contributed by atoms with Crippen molar-refractivity contribution < 1.29 is 9.53 Å². The maximum absolute atomic E-state index is 11.8. The molecule has 1 amide bonds. The van der Waals surface area contributed by atoms with Crippen LogP contribution in [0, 0.1) is 0 Å². The van der Waals surface area contributed by atoms with Gasteiger partial charge in [0.05, 0.1) is 13.2 Å². The number of ether oxygens (including phenoxy) is 1. The summed E-state index contributed by atoms with van der Waals surface area (Å²) in [7, 11) is 1.65. The topological polar surface area (TPSA) is 64.4 Å². The van der Waals surface area contributed by atoms with Crippen LogP contribution >= 0.6 is 11.8 Å². The molecule has 4 nitrogen and oxygen atoms in total. The fourth-order valence-electron chi connectivity index (χ4n) is 1.86. The van der Waals surface area contributed by atoms with E-state index in [2.05, 4.69) is 5.32 Å². The number of nitrogens with one attached hydrogen (secondary N) is 1. The smallest absolute Gasteiger partial charge is 0.241 e. The number of rotatable bonds is 6. The van der Waals surface area contributed by atoms with Crippen molar-refractivity contribution in [3.8, 4) is 5.75 Å². The third kappa shape index (κ3) is 4.51. The van der Waals surface area contributed by atoms with Gasteiger partial charge in [0.2, 0.25) is 5.91 Å². The first-order valence-electron chi connectivity index (χ1n) is 7.10. The minimum absolute atomic E-state index is 0.161. The molecule has 0 heterocycles. The SMILES string of the molecule is CCC(N)C(=O)Nc1cccc(Sc2cccc(OC)c2)c1. The summed E-state index contributed by atoms with van der Waals surface area (Å²) in [5.74, 6) is 0.661. The second kappa shape index (κ2) is 7.87. The zero-order chi connectivity index (χ0) is 15.9. The van der Waals surface area contributed by atoms with E-state index in [4.69, 9.17) is 10.5 Å². The van der Waals surface area contributed by atoms with Crippen LogP contribution in [0.2, 0.25) is 0 Å². The molecule has 2 aromatic carbocycles. The van der Waals surface area contributed by atoms with Crippen molar-refractivity contribution in [3.05, 3.63) is 48.5 Å². The van der Waals surface area contributed by atoms with E-state index in [-0.39, 0.29) is 5.91 Å². The van der Waals surface area contributed by atoms with Crippen molar-refractivity contribution >= 4 is 23.4 Å². The molecule has 1 unspecified atom stereocenters. The quantitative estimate of drug-likeness (QED) is 0.856. The lowest BCUT2D eigenvalue weighted by molar-refractivity contribution is -0.117. The van der Waals surface area contributed by atoms with Crippen molar-refractivity contribution in [1.29, 1.82) is 0 Å². The van der Waals surface area contributed by atoms with Gasteiger partial charge in [-0.25, -0.2) is 0 Å². The molecule has 0 saturated heterocycles. The molecule has 0 radical (unpaired) electrons. The van der Waals surface area contributed by atoms with Gasteiger partial charge in [-0.05, 0) is 42.8 Å². The van der Waals surface area contributed by atoms with Crippen LogP contribution < -0.4 is 15.8 Å². The number of hydrogen-bond acceptors (Lipinski definition) is 4. The highest BCUT2D eigenvalue weighted by atomic mass is 32.2. The van der Waals surface area contributed by atoms with Gasteiger partial charge in [-0.1, -0.05) is 30.8 Å². The minimum atomic E-state index is -0.477. The molecular formula is C17H20N2O2S.